The Bertz CT molecular complexity index is 886. The number of carbonyl (C=O) groups excluding carboxylic acids is 1. The average molecular weight is 324 g/mol. The standard InChI is InChI=1S/C18H16N2O4/c1-24-18(23)15-10-13(5-6-16(15)22)17-19-7-8-20(17)14-4-2-3-12(9-14)11-21/h2-10,21-22H,11H2,1H3. The summed E-state index contributed by atoms with van der Waals surface area (Å²) < 4.78 is 6.52. The first-order valence-corrected chi connectivity index (χ1v) is 7.29. The number of rotatable bonds is 4. The molecular weight excluding hydrogens is 308 g/mol. The number of benzene rings is 2. The molecule has 0 saturated carbocycles. The summed E-state index contributed by atoms with van der Waals surface area (Å²) >= 11 is 0. The predicted molar refractivity (Wildman–Crippen MR) is 87.9 cm³/mol. The van der Waals surface area contributed by atoms with E-state index < -0.39 is 5.97 Å². The molecule has 0 spiro atoms. The van der Waals surface area contributed by atoms with Crippen molar-refractivity contribution in [3.63, 3.8) is 0 Å². The Labute approximate surface area is 138 Å². The molecule has 0 amide bonds. The van der Waals surface area contributed by atoms with Gasteiger partial charge in [0.2, 0.25) is 0 Å². The van der Waals surface area contributed by atoms with Gasteiger partial charge in [-0.1, -0.05) is 12.1 Å². The van der Waals surface area contributed by atoms with E-state index in [4.69, 9.17) is 0 Å². The number of esters is 1. The topological polar surface area (TPSA) is 84.6 Å². The first kappa shape index (κ1) is 15.8. The maximum Gasteiger partial charge on any atom is 0.341 e. The molecule has 0 saturated heterocycles. The molecule has 0 bridgehead atoms. The summed E-state index contributed by atoms with van der Waals surface area (Å²) in [5, 5.41) is 19.1. The number of aliphatic hydroxyl groups is 1. The minimum atomic E-state index is -0.616. The van der Waals surface area contributed by atoms with Crippen LogP contribution in [0.5, 0.6) is 5.75 Å². The number of aliphatic hydroxyl groups excluding tert-OH is 1. The zero-order chi connectivity index (χ0) is 17.1. The minimum Gasteiger partial charge on any atom is -0.507 e. The van der Waals surface area contributed by atoms with E-state index >= 15 is 0 Å². The Morgan fingerprint density at radius 3 is 2.83 bits per heavy atom. The Morgan fingerprint density at radius 2 is 2.08 bits per heavy atom. The summed E-state index contributed by atoms with van der Waals surface area (Å²) in [5.74, 6) is -0.157. The predicted octanol–water partition coefficient (Wildman–Crippen LogP) is 2.52. The van der Waals surface area contributed by atoms with Crippen LogP contribution in [-0.4, -0.2) is 32.8 Å². The Hall–Kier alpha value is -3.12. The number of imidazole rings is 1. The molecule has 0 radical (unpaired) electrons. The maximum atomic E-state index is 11.8. The fraction of sp³-hybridized carbons (Fsp3) is 0.111. The molecule has 0 aliphatic carbocycles. The zero-order valence-corrected chi connectivity index (χ0v) is 13.0. The molecule has 3 rings (SSSR count). The van der Waals surface area contributed by atoms with Crippen LogP contribution in [0.2, 0.25) is 0 Å². The molecule has 2 aromatic carbocycles. The highest BCUT2D eigenvalue weighted by atomic mass is 16.5. The van der Waals surface area contributed by atoms with Crippen molar-refractivity contribution in [1.29, 1.82) is 0 Å². The molecule has 122 valence electrons. The van der Waals surface area contributed by atoms with Gasteiger partial charge < -0.3 is 14.9 Å². The fourth-order valence-corrected chi connectivity index (χ4v) is 2.48. The van der Waals surface area contributed by atoms with Crippen molar-refractivity contribution in [2.24, 2.45) is 0 Å². The number of phenolic OH excluding ortho intramolecular Hbond substituents is 1. The van der Waals surface area contributed by atoms with Crippen molar-refractivity contribution in [2.75, 3.05) is 7.11 Å². The molecule has 6 heteroatoms. The van der Waals surface area contributed by atoms with Gasteiger partial charge in [0.1, 0.15) is 17.1 Å². The number of hydrogen-bond donors (Lipinski definition) is 2. The smallest absolute Gasteiger partial charge is 0.341 e. The lowest BCUT2D eigenvalue weighted by Gasteiger charge is -2.10. The van der Waals surface area contributed by atoms with Gasteiger partial charge >= 0.3 is 5.97 Å². The first-order valence-electron chi connectivity index (χ1n) is 7.29. The lowest BCUT2D eigenvalue weighted by Crippen LogP contribution is -2.03. The normalized spacial score (nSPS) is 10.6. The fourth-order valence-electron chi connectivity index (χ4n) is 2.48. The molecule has 24 heavy (non-hydrogen) atoms. The third kappa shape index (κ3) is 2.87. The monoisotopic (exact) mass is 324 g/mol. The maximum absolute atomic E-state index is 11.8. The van der Waals surface area contributed by atoms with Crippen LogP contribution in [0, 0.1) is 0 Å². The molecule has 1 heterocycles. The number of ether oxygens (including phenoxy) is 1. The largest absolute Gasteiger partial charge is 0.507 e. The van der Waals surface area contributed by atoms with E-state index in [1.165, 1.54) is 19.2 Å². The van der Waals surface area contributed by atoms with E-state index in [0.29, 0.717) is 11.4 Å². The lowest BCUT2D eigenvalue weighted by molar-refractivity contribution is 0.0597. The first-order chi connectivity index (χ1) is 11.6. The van der Waals surface area contributed by atoms with Gasteiger partial charge in [-0.15, -0.1) is 0 Å². The number of phenols is 1. The van der Waals surface area contributed by atoms with Gasteiger partial charge in [-0.3, -0.25) is 4.57 Å². The summed E-state index contributed by atoms with van der Waals surface area (Å²) in [6.07, 6.45) is 3.43. The van der Waals surface area contributed by atoms with Gasteiger partial charge in [0.25, 0.3) is 0 Å². The Balaban J connectivity index is 2.09. The van der Waals surface area contributed by atoms with Gasteiger partial charge in [0.05, 0.1) is 13.7 Å². The molecular formula is C18H16N2O4. The average Bonchev–Trinajstić information content (AvgIpc) is 3.11. The zero-order valence-electron chi connectivity index (χ0n) is 13.0. The molecule has 0 aliphatic rings. The Kier molecular flexibility index (Phi) is 4.31. The summed E-state index contributed by atoms with van der Waals surface area (Å²) in [4.78, 5) is 16.1. The number of aromatic nitrogens is 2. The van der Waals surface area contributed by atoms with E-state index in [0.717, 1.165) is 11.3 Å². The molecule has 0 atom stereocenters. The van der Waals surface area contributed by atoms with Crippen LogP contribution in [0.15, 0.2) is 54.9 Å². The number of nitrogens with zero attached hydrogens (tertiary/aromatic N) is 2. The highest BCUT2D eigenvalue weighted by Crippen LogP contribution is 2.27. The van der Waals surface area contributed by atoms with E-state index in [-0.39, 0.29) is 17.9 Å². The number of aromatic hydroxyl groups is 1. The van der Waals surface area contributed by atoms with Gasteiger partial charge in [0, 0.05) is 23.6 Å². The van der Waals surface area contributed by atoms with Crippen molar-refractivity contribution < 1.29 is 19.7 Å². The van der Waals surface area contributed by atoms with Crippen molar-refractivity contribution >= 4 is 5.97 Å². The van der Waals surface area contributed by atoms with Crippen LogP contribution in [0.25, 0.3) is 17.1 Å². The second kappa shape index (κ2) is 6.55. The molecule has 1 aromatic heterocycles. The van der Waals surface area contributed by atoms with Crippen LogP contribution in [-0.2, 0) is 11.3 Å². The van der Waals surface area contributed by atoms with Crippen molar-refractivity contribution in [3.8, 4) is 22.8 Å². The van der Waals surface area contributed by atoms with Gasteiger partial charge in [-0.25, -0.2) is 9.78 Å². The highest BCUT2D eigenvalue weighted by Gasteiger charge is 2.15. The molecule has 0 unspecified atom stereocenters. The van der Waals surface area contributed by atoms with Crippen LogP contribution in [0.1, 0.15) is 15.9 Å². The Morgan fingerprint density at radius 1 is 1.25 bits per heavy atom. The second-order valence-electron chi connectivity index (χ2n) is 5.17. The van der Waals surface area contributed by atoms with E-state index in [1.807, 2.05) is 28.8 Å². The number of methoxy groups -OCH3 is 1. The molecule has 3 aromatic rings. The molecule has 6 nitrogen and oxygen atoms in total. The summed E-state index contributed by atoms with van der Waals surface area (Å²) in [7, 11) is 1.26. The summed E-state index contributed by atoms with van der Waals surface area (Å²) in [5.41, 5.74) is 2.36. The van der Waals surface area contributed by atoms with E-state index in [1.54, 1.807) is 18.5 Å². The third-order valence-corrected chi connectivity index (χ3v) is 3.67. The van der Waals surface area contributed by atoms with Crippen molar-refractivity contribution in [1.82, 2.24) is 9.55 Å². The minimum absolute atomic E-state index is 0.0520. The van der Waals surface area contributed by atoms with E-state index in [9.17, 15) is 15.0 Å². The lowest BCUT2D eigenvalue weighted by atomic mass is 10.1. The quantitative estimate of drug-likeness (QED) is 0.720. The second-order valence-corrected chi connectivity index (χ2v) is 5.17. The van der Waals surface area contributed by atoms with Crippen LogP contribution >= 0.6 is 0 Å². The molecule has 0 fully saturated rings. The molecule has 0 aliphatic heterocycles. The van der Waals surface area contributed by atoms with Gasteiger partial charge in [-0.2, -0.15) is 0 Å². The summed E-state index contributed by atoms with van der Waals surface area (Å²) in [6.45, 7) is -0.0520. The van der Waals surface area contributed by atoms with Crippen molar-refractivity contribution in [2.45, 2.75) is 6.61 Å². The molecule has 2 N–H and O–H groups in total. The van der Waals surface area contributed by atoms with Gasteiger partial charge in [0.15, 0.2) is 0 Å². The summed E-state index contributed by atoms with van der Waals surface area (Å²) in [6, 6.07) is 12.1. The third-order valence-electron chi connectivity index (χ3n) is 3.67. The van der Waals surface area contributed by atoms with Gasteiger partial charge in [-0.05, 0) is 35.9 Å². The van der Waals surface area contributed by atoms with Crippen molar-refractivity contribution in [3.05, 3.63) is 66.0 Å². The SMILES string of the molecule is COC(=O)c1cc(-c2nccn2-c2cccc(CO)c2)ccc1O. The highest BCUT2D eigenvalue weighted by molar-refractivity contribution is 5.93. The van der Waals surface area contributed by atoms with Crippen LogP contribution < -0.4 is 0 Å². The van der Waals surface area contributed by atoms with Crippen LogP contribution in [0.3, 0.4) is 0 Å². The number of hydrogen-bond acceptors (Lipinski definition) is 5. The number of carbonyl (C=O) groups is 1. The van der Waals surface area contributed by atoms with Crippen LogP contribution in [0.4, 0.5) is 0 Å². The van der Waals surface area contributed by atoms with E-state index in [2.05, 4.69) is 9.72 Å².